The Hall–Kier alpha value is 3.35. The fourth-order valence-corrected chi connectivity index (χ4v) is 0. The van der Waals surface area contributed by atoms with Crippen LogP contribution in [-0.2, 0) is 0 Å². The predicted molar refractivity (Wildman–Crippen MR) is 11.3 cm³/mol. The molecule has 42 valence electrons. The molecule has 0 radical (unpaired) electrons. The van der Waals surface area contributed by atoms with Crippen LogP contribution in [0.3, 0.4) is 0 Å². The van der Waals surface area contributed by atoms with Gasteiger partial charge in [0.05, 0.1) is 0 Å². The minimum absolute atomic E-state index is 0. The Labute approximate surface area is 138 Å². The van der Waals surface area contributed by atoms with E-state index in [0.29, 0.717) is 0 Å². The predicted octanol–water partition coefficient (Wildman–Crippen LogP) is -10.6. The Balaban J connectivity index is -0.00000000800. The summed E-state index contributed by atoms with van der Waals surface area (Å²) < 4.78 is 39.0. The van der Waals surface area contributed by atoms with Gasteiger partial charge >= 0.3 is 118 Å². The summed E-state index contributed by atoms with van der Waals surface area (Å²) in [5.41, 5.74) is 0. The Morgan fingerprint density at radius 1 is 0.889 bits per heavy atom. The first-order chi connectivity index (χ1) is 2.00. The van der Waals surface area contributed by atoms with E-state index in [1.807, 2.05) is 0 Å². The Morgan fingerprint density at radius 3 is 0.889 bits per heavy atom. The molecule has 0 heterocycles. The second kappa shape index (κ2) is 13.9. The summed E-state index contributed by atoms with van der Waals surface area (Å²) in [7, 11) is -6.00. The van der Waals surface area contributed by atoms with Crippen molar-refractivity contribution in [3.63, 3.8) is 0 Å². The van der Waals surface area contributed by atoms with E-state index in [1.54, 1.807) is 0 Å². The quantitative estimate of drug-likeness (QED) is 0.264. The van der Waals surface area contributed by atoms with Gasteiger partial charge in [0.15, 0.2) is 0 Å². The van der Waals surface area contributed by atoms with Gasteiger partial charge in [-0.25, -0.2) is 0 Å². The van der Waals surface area contributed by atoms with Crippen molar-refractivity contribution in [2.45, 2.75) is 0 Å². The van der Waals surface area contributed by atoms with E-state index in [4.69, 9.17) is 0 Å². The van der Waals surface area contributed by atoms with Gasteiger partial charge in [-0.15, -0.1) is 0 Å². The minimum atomic E-state index is -6.00. The maximum Gasteiger partial charge on any atom is 1.00 e. The van der Waals surface area contributed by atoms with E-state index < -0.39 is 7.25 Å². The van der Waals surface area contributed by atoms with Gasteiger partial charge in [-0.3, -0.25) is 0 Å². The molecule has 0 aromatic heterocycles. The summed E-state index contributed by atoms with van der Waals surface area (Å²) >= 11 is 0. The molecule has 0 nitrogen and oxygen atoms in total. The summed E-state index contributed by atoms with van der Waals surface area (Å²) in [6.07, 6.45) is 0. The smallest absolute Gasteiger partial charge is 1.00 e. The zero-order valence-electron chi connectivity index (χ0n) is 6.47. The van der Waals surface area contributed by atoms with E-state index in [2.05, 4.69) is 0 Å². The third-order valence-corrected chi connectivity index (χ3v) is 0. The van der Waals surface area contributed by atoms with Crippen LogP contribution in [0.15, 0.2) is 0 Å². The first kappa shape index (κ1) is 29.4. The second-order valence-corrected chi connectivity index (χ2v) is 0.495. The van der Waals surface area contributed by atoms with Crippen LogP contribution in [0.1, 0.15) is 1.43 Å². The molecule has 0 spiro atoms. The molecule has 0 aromatic carbocycles. The van der Waals surface area contributed by atoms with Crippen molar-refractivity contribution in [1.82, 2.24) is 0 Å². The van der Waals surface area contributed by atoms with Crippen molar-refractivity contribution in [2.24, 2.45) is 0 Å². The molecule has 0 aliphatic heterocycles. The van der Waals surface area contributed by atoms with E-state index in [-0.39, 0.29) is 117 Å². The number of rotatable bonds is 0. The van der Waals surface area contributed by atoms with E-state index in [1.165, 1.54) is 0 Å². The zero-order valence-corrected chi connectivity index (χ0v) is 12.6. The summed E-state index contributed by atoms with van der Waals surface area (Å²) in [5.74, 6) is 0. The zero-order chi connectivity index (χ0) is 4.50. The first-order valence-electron chi connectivity index (χ1n) is 0.873. The minimum Gasteiger partial charge on any atom is -1.00 e. The molecule has 0 saturated heterocycles. The third kappa shape index (κ3) is 88.4. The van der Waals surface area contributed by atoms with Crippen LogP contribution in [0, 0.1) is 0 Å². The normalized spacial score (nSPS) is 6.67. The topological polar surface area (TPSA) is 0 Å². The van der Waals surface area contributed by atoms with Crippen LogP contribution >= 0.6 is 0 Å². The van der Waals surface area contributed by atoms with Crippen molar-refractivity contribution >= 4 is 7.25 Å². The standard InChI is InChI=1S/BF4.FH.K.2Na.H/c2-1(3,4)5;;;;;/h;1H;;;;/q-1;;3*+1;-1/p-1. The van der Waals surface area contributed by atoms with Crippen molar-refractivity contribution in [3.8, 4) is 0 Å². The van der Waals surface area contributed by atoms with Crippen molar-refractivity contribution in [1.29, 1.82) is 0 Å². The van der Waals surface area contributed by atoms with Gasteiger partial charge in [0.25, 0.3) is 0 Å². The van der Waals surface area contributed by atoms with Crippen LogP contribution in [-0.4, -0.2) is 7.25 Å². The molecular weight excluding hydrogens is 191 g/mol. The molecule has 0 unspecified atom stereocenters. The van der Waals surface area contributed by atoms with E-state index >= 15 is 0 Å². The van der Waals surface area contributed by atoms with Crippen LogP contribution in [0.5, 0.6) is 0 Å². The molecule has 9 heteroatoms. The molecule has 0 fully saturated rings. The fraction of sp³-hybridized carbons (Fsp3) is 0. The van der Waals surface area contributed by atoms with Crippen LogP contribution in [0.25, 0.3) is 0 Å². The fourth-order valence-electron chi connectivity index (χ4n) is 0. The Kier molecular flexibility index (Phi) is 45.5. The van der Waals surface area contributed by atoms with E-state index in [0.717, 1.165) is 0 Å². The Morgan fingerprint density at radius 2 is 0.889 bits per heavy atom. The number of hydrogen-bond acceptors (Lipinski definition) is 0. The maximum absolute atomic E-state index is 9.75. The molecule has 0 amide bonds. The summed E-state index contributed by atoms with van der Waals surface area (Å²) in [5, 5.41) is 0. The molecule has 0 aliphatic carbocycles. The third-order valence-electron chi connectivity index (χ3n) is 0. The van der Waals surface area contributed by atoms with Crippen LogP contribution in [0.4, 0.5) is 17.3 Å². The molecule has 0 atom stereocenters. The first-order valence-corrected chi connectivity index (χ1v) is 0.873. The summed E-state index contributed by atoms with van der Waals surface area (Å²) in [6, 6.07) is 0. The molecule has 0 aliphatic rings. The number of halogens is 5. The monoisotopic (exact) mass is 192 g/mol. The van der Waals surface area contributed by atoms with Gasteiger partial charge < -0.3 is 23.4 Å². The van der Waals surface area contributed by atoms with Crippen molar-refractivity contribution in [3.05, 3.63) is 0 Å². The average molecular weight is 192 g/mol. The van der Waals surface area contributed by atoms with Gasteiger partial charge in [-0.1, -0.05) is 0 Å². The molecule has 9 heavy (non-hydrogen) atoms. The largest absolute Gasteiger partial charge is 1.00 e. The molecule has 0 aromatic rings. The number of hydrogen-bond donors (Lipinski definition) is 0. The SMILES string of the molecule is F[B-](F)(F)F.[F-].[H-].[K+].[Na+].[Na+]. The molecule has 0 N–H and O–H groups in total. The van der Waals surface area contributed by atoms with Crippen LogP contribution in [0.2, 0.25) is 0 Å². The van der Waals surface area contributed by atoms with Gasteiger partial charge in [0.2, 0.25) is 0 Å². The second-order valence-electron chi connectivity index (χ2n) is 0.495. The molecule has 0 bridgehead atoms. The molecule has 0 rings (SSSR count). The van der Waals surface area contributed by atoms with Crippen LogP contribution < -0.4 is 115 Å². The van der Waals surface area contributed by atoms with Crippen molar-refractivity contribution in [2.75, 3.05) is 0 Å². The average Bonchev–Trinajstić information content (AvgIpc) is 0.722. The van der Waals surface area contributed by atoms with Gasteiger partial charge in [0, 0.05) is 0 Å². The Bertz CT molecular complexity index is 35.1. The van der Waals surface area contributed by atoms with Gasteiger partial charge in [0.1, 0.15) is 0 Å². The maximum atomic E-state index is 9.75. The molecule has 0 saturated carbocycles. The van der Waals surface area contributed by atoms with Gasteiger partial charge in [-0.05, 0) is 0 Å². The van der Waals surface area contributed by atoms with E-state index in [9.17, 15) is 17.3 Å². The summed E-state index contributed by atoms with van der Waals surface area (Å²) in [4.78, 5) is 0. The molecular formula is HBF5KNa2. The van der Waals surface area contributed by atoms with Gasteiger partial charge in [-0.2, -0.15) is 0 Å². The van der Waals surface area contributed by atoms with Crippen molar-refractivity contribution < 1.29 is 134 Å². The summed E-state index contributed by atoms with van der Waals surface area (Å²) in [6.45, 7) is 0.